The van der Waals surface area contributed by atoms with Gasteiger partial charge >= 0.3 is 12.0 Å². The summed E-state index contributed by atoms with van der Waals surface area (Å²) in [6, 6.07) is 5.37. The molecule has 1 fully saturated rings. The van der Waals surface area contributed by atoms with Gasteiger partial charge in [-0.25, -0.2) is 4.79 Å². The molecule has 28 heavy (non-hydrogen) atoms. The molecule has 0 aromatic heterocycles. The van der Waals surface area contributed by atoms with E-state index in [2.05, 4.69) is 17.6 Å². The van der Waals surface area contributed by atoms with Crippen LogP contribution in [-0.2, 0) is 14.3 Å². The SMILES string of the molecule is C[C@@H](OC(=O)C[C@H](NC(N)=O)c1ccc(Cl)cc1)C(=O)N[C@@H]1CCCC[C@@H]1C. The van der Waals surface area contributed by atoms with Crippen LogP contribution >= 0.6 is 11.6 Å². The summed E-state index contributed by atoms with van der Waals surface area (Å²) >= 11 is 5.87. The Labute approximate surface area is 170 Å². The van der Waals surface area contributed by atoms with Crippen LogP contribution in [0, 0.1) is 5.92 Å². The lowest BCUT2D eigenvalue weighted by molar-refractivity contribution is -0.155. The first kappa shape index (κ1) is 22.0. The predicted octanol–water partition coefficient (Wildman–Crippen LogP) is 3.07. The third kappa shape index (κ3) is 6.71. The molecule has 0 bridgehead atoms. The third-order valence-electron chi connectivity index (χ3n) is 5.08. The third-order valence-corrected chi connectivity index (χ3v) is 5.33. The number of hydrogen-bond acceptors (Lipinski definition) is 4. The fraction of sp³-hybridized carbons (Fsp3) is 0.550. The number of nitrogens with one attached hydrogen (secondary N) is 2. The molecule has 1 aromatic carbocycles. The number of carbonyl (C=O) groups is 3. The van der Waals surface area contributed by atoms with Crippen molar-refractivity contribution in [1.82, 2.24) is 10.6 Å². The molecule has 154 valence electrons. The number of amides is 3. The zero-order valence-corrected chi connectivity index (χ0v) is 17.0. The second-order valence-corrected chi connectivity index (χ2v) is 7.76. The predicted molar refractivity (Wildman–Crippen MR) is 107 cm³/mol. The molecule has 0 saturated heterocycles. The lowest BCUT2D eigenvalue weighted by atomic mass is 9.86. The molecule has 1 aromatic rings. The van der Waals surface area contributed by atoms with Gasteiger partial charge in [-0.15, -0.1) is 0 Å². The number of esters is 1. The van der Waals surface area contributed by atoms with Gasteiger partial charge in [-0.3, -0.25) is 9.59 Å². The minimum absolute atomic E-state index is 0.112. The van der Waals surface area contributed by atoms with Crippen LogP contribution in [0.25, 0.3) is 0 Å². The first-order valence-electron chi connectivity index (χ1n) is 9.57. The van der Waals surface area contributed by atoms with Crippen LogP contribution in [0.15, 0.2) is 24.3 Å². The minimum Gasteiger partial charge on any atom is -0.452 e. The van der Waals surface area contributed by atoms with E-state index in [0.717, 1.165) is 19.3 Å². The van der Waals surface area contributed by atoms with Gasteiger partial charge in [0.25, 0.3) is 5.91 Å². The van der Waals surface area contributed by atoms with Crippen molar-refractivity contribution in [2.45, 2.75) is 64.1 Å². The summed E-state index contributed by atoms with van der Waals surface area (Å²) in [4.78, 5) is 36.0. The molecule has 0 heterocycles. The molecule has 7 nitrogen and oxygen atoms in total. The highest BCUT2D eigenvalue weighted by atomic mass is 35.5. The van der Waals surface area contributed by atoms with E-state index in [-0.39, 0.29) is 18.4 Å². The average Bonchev–Trinajstić information content (AvgIpc) is 2.63. The molecule has 1 aliphatic rings. The summed E-state index contributed by atoms with van der Waals surface area (Å²) < 4.78 is 5.28. The van der Waals surface area contributed by atoms with Crippen molar-refractivity contribution < 1.29 is 19.1 Å². The van der Waals surface area contributed by atoms with Gasteiger partial charge in [-0.1, -0.05) is 43.5 Å². The van der Waals surface area contributed by atoms with Crippen LogP contribution in [0.5, 0.6) is 0 Å². The summed E-state index contributed by atoms with van der Waals surface area (Å²) in [6.07, 6.45) is 3.22. The van der Waals surface area contributed by atoms with Gasteiger partial charge < -0.3 is 21.1 Å². The van der Waals surface area contributed by atoms with Gasteiger partial charge in [0.2, 0.25) is 0 Å². The summed E-state index contributed by atoms with van der Waals surface area (Å²) in [7, 11) is 0. The van der Waals surface area contributed by atoms with Crippen LogP contribution in [0.4, 0.5) is 4.79 Å². The van der Waals surface area contributed by atoms with E-state index in [9.17, 15) is 14.4 Å². The van der Waals surface area contributed by atoms with E-state index in [0.29, 0.717) is 16.5 Å². The summed E-state index contributed by atoms with van der Waals surface area (Å²) in [6.45, 7) is 3.66. The summed E-state index contributed by atoms with van der Waals surface area (Å²) in [5.41, 5.74) is 5.87. The van der Waals surface area contributed by atoms with Crippen molar-refractivity contribution >= 4 is 29.5 Å². The molecule has 4 atom stereocenters. The standard InChI is InChI=1S/C20H28ClN3O4/c1-12-5-3-4-6-16(12)23-19(26)13(2)28-18(25)11-17(24-20(22)27)14-7-9-15(21)10-8-14/h7-10,12-13,16-17H,3-6,11H2,1-2H3,(H,23,26)(H3,22,24,27)/t12-,13+,16+,17-/m0/s1. The second kappa shape index (κ2) is 10.3. The highest BCUT2D eigenvalue weighted by Crippen LogP contribution is 2.24. The Balaban J connectivity index is 1.92. The van der Waals surface area contributed by atoms with Gasteiger partial charge in [0.1, 0.15) is 0 Å². The largest absolute Gasteiger partial charge is 0.452 e. The Hall–Kier alpha value is -2.28. The number of hydrogen-bond donors (Lipinski definition) is 3. The molecular formula is C20H28ClN3O4. The van der Waals surface area contributed by atoms with Crippen molar-refractivity contribution in [2.24, 2.45) is 11.7 Å². The van der Waals surface area contributed by atoms with Gasteiger partial charge in [0.05, 0.1) is 12.5 Å². The second-order valence-electron chi connectivity index (χ2n) is 7.33. The van der Waals surface area contributed by atoms with Crippen molar-refractivity contribution in [1.29, 1.82) is 0 Å². The maximum atomic E-state index is 12.4. The Morgan fingerprint density at radius 2 is 1.86 bits per heavy atom. The molecule has 8 heteroatoms. The number of ether oxygens (including phenoxy) is 1. The smallest absolute Gasteiger partial charge is 0.312 e. The molecule has 0 radical (unpaired) electrons. The molecule has 3 amide bonds. The maximum absolute atomic E-state index is 12.4. The minimum atomic E-state index is -0.916. The zero-order valence-electron chi connectivity index (χ0n) is 16.2. The van der Waals surface area contributed by atoms with E-state index >= 15 is 0 Å². The van der Waals surface area contributed by atoms with Crippen molar-refractivity contribution in [3.8, 4) is 0 Å². The molecule has 1 aliphatic carbocycles. The topological polar surface area (TPSA) is 111 Å². The van der Waals surface area contributed by atoms with Crippen molar-refractivity contribution in [3.63, 3.8) is 0 Å². The fourth-order valence-corrected chi connectivity index (χ4v) is 3.54. The van der Waals surface area contributed by atoms with Crippen LogP contribution in [0.1, 0.15) is 57.6 Å². The average molecular weight is 410 g/mol. The Kier molecular flexibility index (Phi) is 8.11. The maximum Gasteiger partial charge on any atom is 0.312 e. The van der Waals surface area contributed by atoms with Gasteiger partial charge in [-0.05, 0) is 43.4 Å². The molecule has 0 unspecified atom stereocenters. The summed E-state index contributed by atoms with van der Waals surface area (Å²) in [5.74, 6) is -0.499. The number of rotatable bonds is 7. The number of carbonyl (C=O) groups excluding carboxylic acids is 3. The first-order valence-corrected chi connectivity index (χ1v) is 9.95. The van der Waals surface area contributed by atoms with Crippen LogP contribution < -0.4 is 16.4 Å². The number of benzene rings is 1. The quantitative estimate of drug-likeness (QED) is 0.601. The van der Waals surface area contributed by atoms with Gasteiger partial charge in [0, 0.05) is 11.1 Å². The van der Waals surface area contributed by atoms with Crippen LogP contribution in [0.2, 0.25) is 5.02 Å². The molecule has 0 spiro atoms. The van der Waals surface area contributed by atoms with E-state index in [1.165, 1.54) is 6.42 Å². The van der Waals surface area contributed by atoms with Crippen LogP contribution in [-0.4, -0.2) is 30.1 Å². The van der Waals surface area contributed by atoms with E-state index < -0.39 is 24.1 Å². The van der Waals surface area contributed by atoms with E-state index in [1.54, 1.807) is 31.2 Å². The highest BCUT2D eigenvalue weighted by Gasteiger charge is 2.27. The first-order chi connectivity index (χ1) is 13.3. The number of urea groups is 1. The van der Waals surface area contributed by atoms with E-state index in [1.807, 2.05) is 0 Å². The van der Waals surface area contributed by atoms with Gasteiger partial charge in [0.15, 0.2) is 6.10 Å². The molecule has 0 aliphatic heterocycles. The molecule has 4 N–H and O–H groups in total. The number of nitrogens with two attached hydrogens (primary N) is 1. The van der Waals surface area contributed by atoms with E-state index in [4.69, 9.17) is 22.1 Å². The van der Waals surface area contributed by atoms with Gasteiger partial charge in [-0.2, -0.15) is 0 Å². The lowest BCUT2D eigenvalue weighted by Gasteiger charge is -2.30. The fourth-order valence-electron chi connectivity index (χ4n) is 3.42. The molecule has 2 rings (SSSR count). The zero-order chi connectivity index (χ0) is 20.7. The van der Waals surface area contributed by atoms with Crippen molar-refractivity contribution in [2.75, 3.05) is 0 Å². The van der Waals surface area contributed by atoms with Crippen molar-refractivity contribution in [3.05, 3.63) is 34.9 Å². The monoisotopic (exact) mass is 409 g/mol. The lowest BCUT2D eigenvalue weighted by Crippen LogP contribution is -2.46. The Bertz CT molecular complexity index is 695. The number of halogens is 1. The molecule has 1 saturated carbocycles. The Morgan fingerprint density at radius 1 is 1.21 bits per heavy atom. The number of primary amides is 1. The highest BCUT2D eigenvalue weighted by molar-refractivity contribution is 6.30. The molecular weight excluding hydrogens is 382 g/mol. The Morgan fingerprint density at radius 3 is 2.46 bits per heavy atom. The normalized spacial score (nSPS) is 21.2. The van der Waals surface area contributed by atoms with Crippen LogP contribution in [0.3, 0.4) is 0 Å². The summed E-state index contributed by atoms with van der Waals surface area (Å²) in [5, 5.41) is 6.03.